The highest BCUT2D eigenvalue weighted by atomic mass is 16.6. The summed E-state index contributed by atoms with van der Waals surface area (Å²) in [5.41, 5.74) is 0. The number of aliphatic hydroxyl groups is 1. The first-order valence-corrected chi connectivity index (χ1v) is 9.57. The van der Waals surface area contributed by atoms with Crippen LogP contribution in [0.3, 0.4) is 0 Å². The van der Waals surface area contributed by atoms with Gasteiger partial charge in [0.2, 0.25) is 0 Å². The molecule has 23 heavy (non-hydrogen) atoms. The smallest absolute Gasteiger partial charge is 0.305 e. The van der Waals surface area contributed by atoms with Crippen LogP contribution >= 0.6 is 0 Å². The Labute approximate surface area is 141 Å². The SMILES string of the molecule is CCCCCC[C@H](O)C[C@@H]1O[C@@H]1CCCCCCCC(=O)OC. The Morgan fingerprint density at radius 1 is 1.04 bits per heavy atom. The average Bonchev–Trinajstić information content (AvgIpc) is 3.28. The van der Waals surface area contributed by atoms with Crippen LogP contribution in [-0.2, 0) is 14.3 Å². The van der Waals surface area contributed by atoms with Crippen molar-refractivity contribution in [2.45, 2.75) is 109 Å². The van der Waals surface area contributed by atoms with Gasteiger partial charge < -0.3 is 14.6 Å². The molecule has 0 bridgehead atoms. The third-order valence-electron chi connectivity index (χ3n) is 4.68. The number of rotatable bonds is 15. The fraction of sp³-hybridized carbons (Fsp3) is 0.947. The number of hydrogen-bond acceptors (Lipinski definition) is 4. The zero-order valence-corrected chi connectivity index (χ0v) is 15.1. The molecule has 0 radical (unpaired) electrons. The van der Waals surface area contributed by atoms with E-state index in [9.17, 15) is 9.90 Å². The van der Waals surface area contributed by atoms with Crippen LogP contribution < -0.4 is 0 Å². The predicted octanol–water partition coefficient (Wildman–Crippen LogP) is 4.38. The molecule has 0 aromatic heterocycles. The van der Waals surface area contributed by atoms with Crippen molar-refractivity contribution in [2.24, 2.45) is 0 Å². The van der Waals surface area contributed by atoms with Gasteiger partial charge in [-0.3, -0.25) is 4.79 Å². The van der Waals surface area contributed by atoms with Gasteiger partial charge in [0.05, 0.1) is 25.4 Å². The van der Waals surface area contributed by atoms with E-state index in [1.54, 1.807) is 0 Å². The maximum atomic E-state index is 11.0. The molecular weight excluding hydrogens is 292 g/mol. The van der Waals surface area contributed by atoms with Crippen molar-refractivity contribution in [1.82, 2.24) is 0 Å². The summed E-state index contributed by atoms with van der Waals surface area (Å²) in [6, 6.07) is 0. The van der Waals surface area contributed by atoms with Crippen LogP contribution in [0.4, 0.5) is 0 Å². The highest BCUT2D eigenvalue weighted by molar-refractivity contribution is 5.68. The Kier molecular flexibility index (Phi) is 11.3. The number of carbonyl (C=O) groups is 1. The lowest BCUT2D eigenvalue weighted by atomic mass is 10.0. The molecule has 0 unspecified atom stereocenters. The molecule has 136 valence electrons. The van der Waals surface area contributed by atoms with Gasteiger partial charge in [-0.15, -0.1) is 0 Å². The molecule has 4 nitrogen and oxygen atoms in total. The highest BCUT2D eigenvalue weighted by Gasteiger charge is 2.38. The van der Waals surface area contributed by atoms with E-state index in [0.717, 1.165) is 38.5 Å². The molecule has 1 aliphatic heterocycles. The van der Waals surface area contributed by atoms with Crippen LogP contribution in [0.2, 0.25) is 0 Å². The fourth-order valence-electron chi connectivity index (χ4n) is 3.08. The number of ether oxygens (including phenoxy) is 2. The van der Waals surface area contributed by atoms with E-state index in [1.165, 1.54) is 45.6 Å². The molecule has 1 fully saturated rings. The van der Waals surface area contributed by atoms with Gasteiger partial charge in [0, 0.05) is 12.8 Å². The summed E-state index contributed by atoms with van der Waals surface area (Å²) < 4.78 is 10.3. The lowest BCUT2D eigenvalue weighted by molar-refractivity contribution is -0.140. The Balaban J connectivity index is 1.86. The van der Waals surface area contributed by atoms with E-state index in [-0.39, 0.29) is 12.1 Å². The Morgan fingerprint density at radius 2 is 1.74 bits per heavy atom. The topological polar surface area (TPSA) is 59.1 Å². The van der Waals surface area contributed by atoms with Gasteiger partial charge in [0.25, 0.3) is 0 Å². The minimum absolute atomic E-state index is 0.104. The zero-order valence-electron chi connectivity index (χ0n) is 15.1. The minimum Gasteiger partial charge on any atom is -0.469 e. The van der Waals surface area contributed by atoms with Gasteiger partial charge in [-0.05, 0) is 19.3 Å². The van der Waals surface area contributed by atoms with Crippen LogP contribution in [0.5, 0.6) is 0 Å². The summed E-state index contributed by atoms with van der Waals surface area (Å²) in [5, 5.41) is 9.99. The largest absolute Gasteiger partial charge is 0.469 e. The maximum Gasteiger partial charge on any atom is 0.305 e. The van der Waals surface area contributed by atoms with Crippen molar-refractivity contribution in [3.63, 3.8) is 0 Å². The second-order valence-corrected chi connectivity index (χ2v) is 6.83. The third-order valence-corrected chi connectivity index (χ3v) is 4.68. The van der Waals surface area contributed by atoms with E-state index in [1.807, 2.05) is 0 Å². The number of hydrogen-bond donors (Lipinski definition) is 1. The minimum atomic E-state index is -0.180. The van der Waals surface area contributed by atoms with Crippen LogP contribution in [0, 0.1) is 0 Å². The van der Waals surface area contributed by atoms with Gasteiger partial charge in [-0.25, -0.2) is 0 Å². The number of unbranched alkanes of at least 4 members (excludes halogenated alkanes) is 7. The quantitative estimate of drug-likeness (QED) is 0.275. The highest BCUT2D eigenvalue weighted by Crippen LogP contribution is 2.32. The molecule has 1 N–H and O–H groups in total. The molecule has 1 heterocycles. The molecule has 1 saturated heterocycles. The summed E-state index contributed by atoms with van der Waals surface area (Å²) in [7, 11) is 1.44. The lowest BCUT2D eigenvalue weighted by Crippen LogP contribution is -2.11. The Morgan fingerprint density at radius 3 is 2.48 bits per heavy atom. The number of esters is 1. The first kappa shape index (κ1) is 20.4. The molecule has 1 aliphatic rings. The molecule has 1 rings (SSSR count). The van der Waals surface area contributed by atoms with Crippen LogP contribution in [0.25, 0.3) is 0 Å². The molecule has 0 aromatic carbocycles. The maximum absolute atomic E-state index is 11.0. The molecule has 4 heteroatoms. The zero-order chi connectivity index (χ0) is 16.9. The van der Waals surface area contributed by atoms with Crippen molar-refractivity contribution >= 4 is 5.97 Å². The molecule has 0 aromatic rings. The summed E-state index contributed by atoms with van der Waals surface area (Å²) in [6.45, 7) is 2.21. The van der Waals surface area contributed by atoms with Gasteiger partial charge in [-0.2, -0.15) is 0 Å². The van der Waals surface area contributed by atoms with Crippen LogP contribution in [0.1, 0.15) is 90.4 Å². The fourth-order valence-corrected chi connectivity index (χ4v) is 3.08. The Hall–Kier alpha value is -0.610. The van der Waals surface area contributed by atoms with Gasteiger partial charge in [0.1, 0.15) is 0 Å². The number of aliphatic hydroxyl groups excluding tert-OH is 1. The summed E-state index contributed by atoms with van der Waals surface area (Å²) in [4.78, 5) is 11.0. The molecule has 0 saturated carbocycles. The predicted molar refractivity (Wildman–Crippen MR) is 92.4 cm³/mol. The lowest BCUT2D eigenvalue weighted by Gasteiger charge is -2.08. The monoisotopic (exact) mass is 328 g/mol. The van der Waals surface area contributed by atoms with Gasteiger partial charge in [0.15, 0.2) is 0 Å². The van der Waals surface area contributed by atoms with Gasteiger partial charge in [-0.1, -0.05) is 58.3 Å². The van der Waals surface area contributed by atoms with E-state index < -0.39 is 0 Å². The first-order valence-electron chi connectivity index (χ1n) is 9.57. The summed E-state index contributed by atoms with van der Waals surface area (Å²) in [5.74, 6) is -0.104. The average molecular weight is 328 g/mol. The second-order valence-electron chi connectivity index (χ2n) is 6.83. The van der Waals surface area contributed by atoms with E-state index >= 15 is 0 Å². The van der Waals surface area contributed by atoms with Crippen molar-refractivity contribution in [3.05, 3.63) is 0 Å². The molecule has 0 spiro atoms. The summed E-state index contributed by atoms with van der Waals surface area (Å²) >= 11 is 0. The number of carbonyl (C=O) groups excluding carboxylic acids is 1. The summed E-state index contributed by atoms with van der Waals surface area (Å²) in [6.07, 6.45) is 14.4. The first-order chi connectivity index (χ1) is 11.2. The second kappa shape index (κ2) is 12.8. The van der Waals surface area contributed by atoms with Crippen LogP contribution in [0.15, 0.2) is 0 Å². The van der Waals surface area contributed by atoms with Crippen molar-refractivity contribution in [2.75, 3.05) is 7.11 Å². The van der Waals surface area contributed by atoms with E-state index in [4.69, 9.17) is 4.74 Å². The molecule has 0 aliphatic carbocycles. The number of epoxide rings is 1. The standard InChI is InChI=1S/C19H36O4/c1-3-4-5-9-12-16(20)15-18-17(23-18)13-10-7-6-8-11-14-19(21)22-2/h16-18,20H,3-15H2,1-2H3/t16-,17+,18-/m0/s1. The van der Waals surface area contributed by atoms with Crippen molar-refractivity contribution in [1.29, 1.82) is 0 Å². The van der Waals surface area contributed by atoms with Crippen LogP contribution in [-0.4, -0.2) is 36.5 Å². The number of methoxy groups -OCH3 is 1. The third kappa shape index (κ3) is 10.7. The Bertz CT molecular complexity index is 306. The molecular formula is C19H36O4. The molecule has 0 amide bonds. The van der Waals surface area contributed by atoms with Crippen molar-refractivity contribution < 1.29 is 19.4 Å². The normalized spacial score (nSPS) is 21.2. The van der Waals surface area contributed by atoms with Gasteiger partial charge >= 0.3 is 5.97 Å². The molecule has 3 atom stereocenters. The van der Waals surface area contributed by atoms with E-state index in [2.05, 4.69) is 11.7 Å². The van der Waals surface area contributed by atoms with Crippen molar-refractivity contribution in [3.8, 4) is 0 Å². The van der Waals surface area contributed by atoms with E-state index in [0.29, 0.717) is 18.6 Å².